The van der Waals surface area contributed by atoms with E-state index in [0.29, 0.717) is 11.1 Å². The van der Waals surface area contributed by atoms with Crippen LogP contribution in [-0.4, -0.2) is 4.98 Å². The second-order valence-electron chi connectivity index (χ2n) is 4.16. The van der Waals surface area contributed by atoms with Crippen LogP contribution in [0.2, 0.25) is 5.15 Å². The van der Waals surface area contributed by atoms with E-state index in [-0.39, 0.29) is 0 Å². The fourth-order valence-electron chi connectivity index (χ4n) is 1.92. The van der Waals surface area contributed by atoms with E-state index >= 15 is 0 Å². The Kier molecular flexibility index (Phi) is 2.66. The Morgan fingerprint density at radius 2 is 2.00 bits per heavy atom. The summed E-state index contributed by atoms with van der Waals surface area (Å²) in [6, 6.07) is 6.17. The molecular weight excluding hydrogens is 206 g/mol. The summed E-state index contributed by atoms with van der Waals surface area (Å²) < 4.78 is 0. The number of fused-ring (bicyclic) bond motifs is 1. The average molecular weight is 220 g/mol. The van der Waals surface area contributed by atoms with Crippen LogP contribution in [0.1, 0.15) is 30.9 Å². The second-order valence-corrected chi connectivity index (χ2v) is 4.51. The first kappa shape index (κ1) is 10.4. The normalized spacial score (nSPS) is 11.3. The molecule has 1 aromatic carbocycles. The van der Waals surface area contributed by atoms with Crippen molar-refractivity contribution in [2.24, 2.45) is 0 Å². The van der Waals surface area contributed by atoms with Crippen molar-refractivity contribution in [3.05, 3.63) is 40.7 Å². The molecule has 0 saturated heterocycles. The van der Waals surface area contributed by atoms with Crippen LogP contribution in [0, 0.1) is 6.92 Å². The minimum Gasteiger partial charge on any atom is -0.244 e. The van der Waals surface area contributed by atoms with E-state index in [1.807, 2.05) is 18.3 Å². The molecule has 0 aliphatic heterocycles. The molecule has 0 amide bonds. The second kappa shape index (κ2) is 3.82. The van der Waals surface area contributed by atoms with Gasteiger partial charge in [-0.2, -0.15) is 0 Å². The molecule has 1 heterocycles. The predicted octanol–water partition coefficient (Wildman–Crippen LogP) is 4.32. The van der Waals surface area contributed by atoms with Gasteiger partial charge in [-0.25, -0.2) is 4.98 Å². The molecule has 0 radical (unpaired) electrons. The molecule has 1 aromatic heterocycles. The number of nitrogens with zero attached hydrogens (tertiary/aromatic N) is 1. The highest BCUT2D eigenvalue weighted by atomic mass is 35.5. The van der Waals surface area contributed by atoms with Gasteiger partial charge in [0, 0.05) is 11.6 Å². The van der Waals surface area contributed by atoms with Crippen molar-refractivity contribution in [2.45, 2.75) is 26.7 Å². The van der Waals surface area contributed by atoms with Gasteiger partial charge < -0.3 is 0 Å². The van der Waals surface area contributed by atoms with E-state index in [4.69, 9.17) is 11.6 Å². The van der Waals surface area contributed by atoms with Crippen LogP contribution in [0.3, 0.4) is 0 Å². The highest BCUT2D eigenvalue weighted by molar-refractivity contribution is 6.34. The van der Waals surface area contributed by atoms with E-state index in [9.17, 15) is 0 Å². The van der Waals surface area contributed by atoms with Crippen LogP contribution in [-0.2, 0) is 0 Å². The summed E-state index contributed by atoms with van der Waals surface area (Å²) in [5.41, 5.74) is 2.54. The molecule has 0 unspecified atom stereocenters. The van der Waals surface area contributed by atoms with Crippen LogP contribution in [0.5, 0.6) is 0 Å². The largest absolute Gasteiger partial charge is 0.244 e. The zero-order chi connectivity index (χ0) is 11.0. The summed E-state index contributed by atoms with van der Waals surface area (Å²) in [5.74, 6) is 0.471. The van der Waals surface area contributed by atoms with Crippen LogP contribution in [0.4, 0.5) is 0 Å². The Morgan fingerprint density at radius 3 is 2.67 bits per heavy atom. The zero-order valence-corrected chi connectivity index (χ0v) is 9.97. The Hall–Kier alpha value is -1.08. The third-order valence-corrected chi connectivity index (χ3v) is 3.02. The van der Waals surface area contributed by atoms with Gasteiger partial charge in [-0.3, -0.25) is 0 Å². The number of aryl methyl sites for hydroxylation is 1. The number of hydrogen-bond acceptors (Lipinski definition) is 1. The number of hydrogen-bond donors (Lipinski definition) is 0. The van der Waals surface area contributed by atoms with E-state index in [2.05, 4.69) is 31.8 Å². The van der Waals surface area contributed by atoms with Gasteiger partial charge in [-0.1, -0.05) is 43.6 Å². The van der Waals surface area contributed by atoms with Crippen molar-refractivity contribution in [1.29, 1.82) is 0 Å². The Morgan fingerprint density at radius 1 is 1.27 bits per heavy atom. The van der Waals surface area contributed by atoms with Gasteiger partial charge in [0.2, 0.25) is 0 Å². The third-order valence-electron chi connectivity index (χ3n) is 2.72. The number of halogens is 1. The summed E-state index contributed by atoms with van der Waals surface area (Å²) in [7, 11) is 0. The first-order chi connectivity index (χ1) is 7.11. The van der Waals surface area contributed by atoms with Crippen LogP contribution in [0.15, 0.2) is 24.4 Å². The lowest BCUT2D eigenvalue weighted by Gasteiger charge is -2.12. The van der Waals surface area contributed by atoms with Gasteiger partial charge in [-0.15, -0.1) is 0 Å². The first-order valence-corrected chi connectivity index (χ1v) is 5.52. The first-order valence-electron chi connectivity index (χ1n) is 5.15. The average Bonchev–Trinajstić information content (AvgIpc) is 2.19. The molecule has 0 fully saturated rings. The molecule has 1 nitrogen and oxygen atoms in total. The maximum absolute atomic E-state index is 6.09. The number of rotatable bonds is 1. The smallest absolute Gasteiger partial charge is 0.136 e. The SMILES string of the molecule is Cc1cccc2c(Cl)ncc(C(C)C)c12. The van der Waals surface area contributed by atoms with Crippen molar-refractivity contribution in [3.8, 4) is 0 Å². The zero-order valence-electron chi connectivity index (χ0n) is 9.21. The van der Waals surface area contributed by atoms with Crippen LogP contribution < -0.4 is 0 Å². The molecular formula is C13H14ClN. The van der Waals surface area contributed by atoms with Crippen molar-refractivity contribution in [3.63, 3.8) is 0 Å². The van der Waals surface area contributed by atoms with E-state index < -0.39 is 0 Å². The highest BCUT2D eigenvalue weighted by Crippen LogP contribution is 2.30. The molecule has 2 heteroatoms. The summed E-state index contributed by atoms with van der Waals surface area (Å²) in [4.78, 5) is 4.24. The standard InChI is InChI=1S/C13H14ClN/c1-8(2)11-7-15-13(14)10-6-4-5-9(3)12(10)11/h4-8H,1-3H3. The van der Waals surface area contributed by atoms with Crippen molar-refractivity contribution < 1.29 is 0 Å². The van der Waals surface area contributed by atoms with Gasteiger partial charge in [0.05, 0.1) is 0 Å². The molecule has 15 heavy (non-hydrogen) atoms. The monoisotopic (exact) mass is 219 g/mol. The molecule has 0 aliphatic carbocycles. The summed E-state index contributed by atoms with van der Waals surface area (Å²) in [5, 5.41) is 2.91. The molecule has 0 atom stereocenters. The highest BCUT2D eigenvalue weighted by Gasteiger charge is 2.10. The molecule has 0 N–H and O–H groups in total. The van der Waals surface area contributed by atoms with Crippen molar-refractivity contribution >= 4 is 22.4 Å². The molecule has 2 aromatic rings. The van der Waals surface area contributed by atoms with Gasteiger partial charge in [-0.05, 0) is 29.4 Å². The van der Waals surface area contributed by atoms with Crippen LogP contribution >= 0.6 is 11.6 Å². The van der Waals surface area contributed by atoms with Crippen molar-refractivity contribution in [1.82, 2.24) is 4.98 Å². The Bertz CT molecular complexity index is 503. The van der Waals surface area contributed by atoms with Gasteiger partial charge in [0.25, 0.3) is 0 Å². The van der Waals surface area contributed by atoms with E-state index in [1.165, 1.54) is 16.5 Å². The summed E-state index contributed by atoms with van der Waals surface area (Å²) >= 11 is 6.09. The minimum atomic E-state index is 0.471. The Labute approximate surface area is 95.1 Å². The van der Waals surface area contributed by atoms with Crippen molar-refractivity contribution in [2.75, 3.05) is 0 Å². The summed E-state index contributed by atoms with van der Waals surface area (Å²) in [6.45, 7) is 6.47. The Balaban J connectivity index is 2.90. The quantitative estimate of drug-likeness (QED) is 0.651. The van der Waals surface area contributed by atoms with Gasteiger partial charge in [0.15, 0.2) is 0 Å². The maximum Gasteiger partial charge on any atom is 0.136 e. The van der Waals surface area contributed by atoms with E-state index in [0.717, 1.165) is 5.39 Å². The molecule has 0 spiro atoms. The predicted molar refractivity (Wildman–Crippen MR) is 65.6 cm³/mol. The molecule has 0 bridgehead atoms. The molecule has 78 valence electrons. The number of pyridine rings is 1. The maximum atomic E-state index is 6.09. The lowest BCUT2D eigenvalue weighted by Crippen LogP contribution is -1.94. The molecule has 0 aliphatic rings. The van der Waals surface area contributed by atoms with E-state index in [1.54, 1.807) is 0 Å². The number of benzene rings is 1. The lowest BCUT2D eigenvalue weighted by molar-refractivity contribution is 0.868. The number of aromatic nitrogens is 1. The third kappa shape index (κ3) is 1.72. The van der Waals surface area contributed by atoms with Gasteiger partial charge >= 0.3 is 0 Å². The summed E-state index contributed by atoms with van der Waals surface area (Å²) in [6.07, 6.45) is 1.89. The topological polar surface area (TPSA) is 12.9 Å². The molecule has 2 rings (SSSR count). The fourth-order valence-corrected chi connectivity index (χ4v) is 2.13. The lowest BCUT2D eigenvalue weighted by atomic mass is 9.96. The van der Waals surface area contributed by atoms with Crippen LogP contribution in [0.25, 0.3) is 10.8 Å². The minimum absolute atomic E-state index is 0.471. The molecule has 0 saturated carbocycles. The fraction of sp³-hybridized carbons (Fsp3) is 0.308. The van der Waals surface area contributed by atoms with Gasteiger partial charge in [0.1, 0.15) is 5.15 Å².